The van der Waals surface area contributed by atoms with Gasteiger partial charge in [0.25, 0.3) is 0 Å². The third kappa shape index (κ3) is 4.96. The van der Waals surface area contributed by atoms with E-state index in [0.717, 1.165) is 19.2 Å². The molecule has 2 rings (SSSR count). The molecule has 0 aliphatic heterocycles. The number of nitrogens with zero attached hydrogens (tertiary/aromatic N) is 1. The summed E-state index contributed by atoms with van der Waals surface area (Å²) in [7, 11) is -3.26. The van der Waals surface area contributed by atoms with Crippen molar-refractivity contribution in [2.75, 3.05) is 18.9 Å². The maximum absolute atomic E-state index is 13.0. The molecule has 1 amide bonds. The van der Waals surface area contributed by atoms with Gasteiger partial charge >= 0.3 is 6.18 Å². The van der Waals surface area contributed by atoms with E-state index in [-0.39, 0.29) is 21.3 Å². The van der Waals surface area contributed by atoms with Gasteiger partial charge in [0, 0.05) is 7.05 Å². The fourth-order valence-corrected chi connectivity index (χ4v) is 3.98. The molecule has 0 bridgehead atoms. The van der Waals surface area contributed by atoms with Crippen molar-refractivity contribution in [3.8, 4) is 0 Å². The number of carbonyl (C=O) groups is 1. The van der Waals surface area contributed by atoms with E-state index in [9.17, 15) is 26.4 Å². The van der Waals surface area contributed by atoms with Crippen LogP contribution in [0.5, 0.6) is 0 Å². The average Bonchev–Trinajstić information content (AvgIpc) is 2.57. The Kier molecular flexibility index (Phi) is 6.65. The Labute approximate surface area is 170 Å². The Balaban J connectivity index is 2.24. The van der Waals surface area contributed by atoms with E-state index in [1.54, 1.807) is 6.07 Å². The van der Waals surface area contributed by atoms with Gasteiger partial charge in [-0.15, -0.1) is 0 Å². The first-order valence-electron chi connectivity index (χ1n) is 7.72. The number of anilines is 1. The zero-order valence-electron chi connectivity index (χ0n) is 14.6. The largest absolute Gasteiger partial charge is 0.416 e. The highest BCUT2D eigenvalue weighted by atomic mass is 35.5. The monoisotopic (exact) mass is 454 g/mol. The molecule has 0 spiro atoms. The molecule has 0 aliphatic rings. The summed E-state index contributed by atoms with van der Waals surface area (Å²) in [5.74, 6) is -0.760. The van der Waals surface area contributed by atoms with E-state index in [1.165, 1.54) is 19.1 Å². The van der Waals surface area contributed by atoms with Crippen LogP contribution in [0.4, 0.5) is 18.9 Å². The van der Waals surface area contributed by atoms with Gasteiger partial charge in [-0.3, -0.25) is 4.79 Å². The summed E-state index contributed by atoms with van der Waals surface area (Å²) < 4.78 is 64.9. The number of carbonyl (C=O) groups excluding carboxylic acids is 1. The predicted octanol–water partition coefficient (Wildman–Crippen LogP) is 4.58. The number of nitrogens with one attached hydrogen (secondary N) is 1. The van der Waals surface area contributed by atoms with Gasteiger partial charge in [0.05, 0.1) is 32.7 Å². The van der Waals surface area contributed by atoms with Gasteiger partial charge in [-0.2, -0.15) is 17.5 Å². The fourth-order valence-electron chi connectivity index (χ4n) is 2.33. The SMILES string of the molecule is Cc1ccc(S(=O)(=O)N(C)CC(=O)Nc2c(Cl)cccc2Cl)cc1C(F)(F)F. The van der Waals surface area contributed by atoms with Gasteiger partial charge < -0.3 is 5.32 Å². The van der Waals surface area contributed by atoms with Crippen LogP contribution in [-0.4, -0.2) is 32.2 Å². The molecule has 0 aliphatic carbocycles. The van der Waals surface area contributed by atoms with Crippen molar-refractivity contribution in [1.29, 1.82) is 0 Å². The van der Waals surface area contributed by atoms with E-state index in [4.69, 9.17) is 23.2 Å². The molecule has 2 aromatic rings. The molecule has 0 heterocycles. The second-order valence-electron chi connectivity index (χ2n) is 5.88. The quantitative estimate of drug-likeness (QED) is 0.718. The van der Waals surface area contributed by atoms with E-state index in [0.29, 0.717) is 10.4 Å². The highest BCUT2D eigenvalue weighted by Crippen LogP contribution is 2.34. The molecule has 0 atom stereocenters. The molecule has 5 nitrogen and oxygen atoms in total. The number of alkyl halides is 3. The summed E-state index contributed by atoms with van der Waals surface area (Å²) in [6.45, 7) is 0.572. The van der Waals surface area contributed by atoms with Crippen molar-refractivity contribution in [3.63, 3.8) is 0 Å². The number of halogens is 5. The van der Waals surface area contributed by atoms with Gasteiger partial charge in [0.2, 0.25) is 15.9 Å². The summed E-state index contributed by atoms with van der Waals surface area (Å²) in [5.41, 5.74) is -1.06. The molecule has 1 N–H and O–H groups in total. The third-order valence-corrected chi connectivity index (χ3v) is 6.25. The van der Waals surface area contributed by atoms with Gasteiger partial charge in [0.15, 0.2) is 0 Å². The first-order chi connectivity index (χ1) is 12.8. The van der Waals surface area contributed by atoms with Crippen molar-refractivity contribution in [2.45, 2.75) is 18.0 Å². The van der Waals surface area contributed by atoms with E-state index >= 15 is 0 Å². The van der Waals surface area contributed by atoms with Crippen LogP contribution in [-0.2, 0) is 21.0 Å². The lowest BCUT2D eigenvalue weighted by Gasteiger charge is -2.19. The third-order valence-electron chi connectivity index (χ3n) is 3.82. The lowest BCUT2D eigenvalue weighted by atomic mass is 10.1. The number of sulfonamides is 1. The van der Waals surface area contributed by atoms with Gasteiger partial charge in [-0.05, 0) is 36.8 Å². The van der Waals surface area contributed by atoms with Gasteiger partial charge in [0.1, 0.15) is 0 Å². The number of amides is 1. The molecule has 0 unspecified atom stereocenters. The summed E-state index contributed by atoms with van der Waals surface area (Å²) in [4.78, 5) is 11.6. The first kappa shape index (κ1) is 22.5. The van der Waals surface area contributed by atoms with E-state index in [1.807, 2.05) is 0 Å². The maximum Gasteiger partial charge on any atom is 0.416 e. The normalized spacial score (nSPS) is 12.3. The minimum atomic E-state index is -4.70. The molecule has 152 valence electrons. The Morgan fingerprint density at radius 3 is 2.25 bits per heavy atom. The van der Waals surface area contributed by atoms with E-state index < -0.39 is 39.1 Å². The lowest BCUT2D eigenvalue weighted by Crippen LogP contribution is -2.35. The Bertz CT molecular complexity index is 991. The van der Waals surface area contributed by atoms with Crippen LogP contribution in [0.1, 0.15) is 11.1 Å². The Hall–Kier alpha value is -1.81. The summed E-state index contributed by atoms with van der Waals surface area (Å²) >= 11 is 11.9. The fraction of sp³-hybridized carbons (Fsp3) is 0.235. The van der Waals surface area contributed by atoms with Gasteiger partial charge in [-0.25, -0.2) is 8.42 Å². The molecular formula is C17H15Cl2F3N2O3S. The standard InChI is InChI=1S/C17H15Cl2F3N2O3S/c1-10-6-7-11(8-12(10)17(20,21)22)28(26,27)24(2)9-15(25)23-16-13(18)4-3-5-14(16)19/h3-8H,9H2,1-2H3,(H,23,25). The van der Waals surface area contributed by atoms with Crippen LogP contribution in [0, 0.1) is 6.92 Å². The number of hydrogen-bond donors (Lipinski definition) is 1. The highest BCUT2D eigenvalue weighted by Gasteiger charge is 2.34. The minimum absolute atomic E-state index is 0.108. The van der Waals surface area contributed by atoms with Crippen LogP contribution in [0.25, 0.3) is 0 Å². The Morgan fingerprint density at radius 2 is 1.71 bits per heavy atom. The number of benzene rings is 2. The van der Waals surface area contributed by atoms with Crippen molar-refractivity contribution in [1.82, 2.24) is 4.31 Å². The van der Waals surface area contributed by atoms with E-state index in [2.05, 4.69) is 5.32 Å². The average molecular weight is 455 g/mol. The second-order valence-corrected chi connectivity index (χ2v) is 8.74. The summed E-state index contributed by atoms with van der Waals surface area (Å²) in [6, 6.07) is 7.19. The molecule has 0 saturated carbocycles. The Morgan fingerprint density at radius 1 is 1.14 bits per heavy atom. The van der Waals surface area contributed by atoms with Crippen LogP contribution in [0.3, 0.4) is 0 Å². The number of likely N-dealkylation sites (N-methyl/N-ethyl adjacent to an activating group) is 1. The minimum Gasteiger partial charge on any atom is -0.322 e. The molecule has 0 radical (unpaired) electrons. The molecule has 0 saturated heterocycles. The van der Waals surface area contributed by atoms with Crippen molar-refractivity contribution in [2.24, 2.45) is 0 Å². The zero-order valence-corrected chi connectivity index (χ0v) is 17.0. The maximum atomic E-state index is 13.0. The molecule has 0 aromatic heterocycles. The number of aryl methyl sites for hydroxylation is 1. The first-order valence-corrected chi connectivity index (χ1v) is 9.91. The summed E-state index contributed by atoms with van der Waals surface area (Å²) in [6.07, 6.45) is -4.70. The second kappa shape index (κ2) is 8.28. The predicted molar refractivity (Wildman–Crippen MR) is 101 cm³/mol. The number of hydrogen-bond acceptors (Lipinski definition) is 3. The van der Waals surface area contributed by atoms with Crippen molar-refractivity contribution >= 4 is 44.8 Å². The van der Waals surface area contributed by atoms with Crippen molar-refractivity contribution in [3.05, 3.63) is 57.6 Å². The van der Waals surface area contributed by atoms with Gasteiger partial charge in [-0.1, -0.05) is 35.3 Å². The van der Waals surface area contributed by atoms with Crippen LogP contribution in [0.2, 0.25) is 10.0 Å². The molecule has 2 aromatic carbocycles. The number of rotatable bonds is 5. The molecular weight excluding hydrogens is 440 g/mol. The number of para-hydroxylation sites is 1. The molecule has 0 fully saturated rings. The topological polar surface area (TPSA) is 66.5 Å². The highest BCUT2D eigenvalue weighted by molar-refractivity contribution is 7.89. The zero-order chi connectivity index (χ0) is 21.3. The molecule has 11 heteroatoms. The van der Waals surface area contributed by atoms with Crippen molar-refractivity contribution < 1.29 is 26.4 Å². The van der Waals surface area contributed by atoms with Crippen LogP contribution in [0.15, 0.2) is 41.3 Å². The van der Waals surface area contributed by atoms with Crippen LogP contribution < -0.4 is 5.32 Å². The smallest absolute Gasteiger partial charge is 0.322 e. The molecule has 28 heavy (non-hydrogen) atoms. The van der Waals surface area contributed by atoms with Crippen LogP contribution >= 0.6 is 23.2 Å². The summed E-state index contributed by atoms with van der Waals surface area (Å²) in [5, 5.41) is 2.69. The lowest BCUT2D eigenvalue weighted by molar-refractivity contribution is -0.138.